The fourth-order valence-electron chi connectivity index (χ4n) is 5.14. The summed E-state index contributed by atoms with van der Waals surface area (Å²) in [7, 11) is 1.70. The minimum absolute atomic E-state index is 0.275. The second kappa shape index (κ2) is 7.36. The fourth-order valence-corrected chi connectivity index (χ4v) is 5.14. The number of likely N-dealkylation sites (tertiary alicyclic amines) is 1. The predicted octanol–water partition coefficient (Wildman–Crippen LogP) is 3.63. The predicted molar refractivity (Wildman–Crippen MR) is 100 cm³/mol. The first kappa shape index (κ1) is 16.9. The van der Waals surface area contributed by atoms with Crippen LogP contribution in [0.3, 0.4) is 0 Å². The van der Waals surface area contributed by atoms with E-state index in [0.29, 0.717) is 12.6 Å². The summed E-state index contributed by atoms with van der Waals surface area (Å²) >= 11 is 0. The van der Waals surface area contributed by atoms with Gasteiger partial charge in [-0.15, -0.1) is 0 Å². The average molecular weight is 342 g/mol. The maximum absolute atomic E-state index is 13.1. The molecule has 0 radical (unpaired) electrons. The molecule has 1 aromatic rings. The van der Waals surface area contributed by atoms with Crippen LogP contribution in [0.2, 0.25) is 0 Å². The Kier molecular flexibility index (Phi) is 4.98. The van der Waals surface area contributed by atoms with Gasteiger partial charge in [0, 0.05) is 18.3 Å². The molecular weight excluding hydrogens is 312 g/mol. The van der Waals surface area contributed by atoms with E-state index in [1.54, 1.807) is 7.11 Å². The first-order valence-corrected chi connectivity index (χ1v) is 9.97. The highest BCUT2D eigenvalue weighted by atomic mass is 16.5. The number of benzene rings is 1. The number of ether oxygens (including phenoxy) is 1. The Labute approximate surface area is 151 Å². The number of anilines is 1. The number of aryl methyl sites for hydroxylation is 1. The van der Waals surface area contributed by atoms with Crippen molar-refractivity contribution in [3.05, 3.63) is 23.8 Å². The zero-order valence-electron chi connectivity index (χ0n) is 15.4. The monoisotopic (exact) mass is 342 g/mol. The number of nitrogens with zero attached hydrogens (tertiary/aromatic N) is 2. The fraction of sp³-hybridized carbons (Fsp3) is 0.667. The lowest BCUT2D eigenvalue weighted by Gasteiger charge is -2.44. The number of hydrogen-bond donors (Lipinski definition) is 0. The van der Waals surface area contributed by atoms with Gasteiger partial charge in [0.2, 0.25) is 5.91 Å². The lowest BCUT2D eigenvalue weighted by atomic mass is 9.78. The van der Waals surface area contributed by atoms with Crippen LogP contribution in [0.1, 0.15) is 50.5 Å². The Hall–Kier alpha value is -1.55. The standard InChI is InChI=1S/C21H30N2O2/c1-25-18-10-11-20-17(14-18)8-5-13-23(20)21(24)15-22-12-4-7-16-6-2-3-9-19(16)22/h10-11,14,16,19H,2-9,12-13,15H2,1H3. The molecule has 4 nitrogen and oxygen atoms in total. The SMILES string of the molecule is COc1ccc2c(c1)CCCN2C(=O)CN1CCCC2CCCCC21. The molecule has 1 amide bonds. The topological polar surface area (TPSA) is 32.8 Å². The van der Waals surface area contributed by atoms with Gasteiger partial charge in [0.1, 0.15) is 5.75 Å². The highest BCUT2D eigenvalue weighted by Gasteiger charge is 2.35. The molecule has 4 heteroatoms. The van der Waals surface area contributed by atoms with Crippen molar-refractivity contribution in [1.29, 1.82) is 0 Å². The van der Waals surface area contributed by atoms with Gasteiger partial charge in [0.05, 0.1) is 13.7 Å². The van der Waals surface area contributed by atoms with Gasteiger partial charge in [-0.3, -0.25) is 9.69 Å². The van der Waals surface area contributed by atoms with Crippen molar-refractivity contribution in [2.45, 2.75) is 57.4 Å². The maximum atomic E-state index is 13.1. The minimum atomic E-state index is 0.275. The van der Waals surface area contributed by atoms with Gasteiger partial charge in [0.15, 0.2) is 0 Å². The van der Waals surface area contributed by atoms with Crippen LogP contribution < -0.4 is 9.64 Å². The van der Waals surface area contributed by atoms with E-state index in [0.717, 1.165) is 43.3 Å². The van der Waals surface area contributed by atoms with Gasteiger partial charge in [-0.1, -0.05) is 12.8 Å². The van der Waals surface area contributed by atoms with Crippen molar-refractivity contribution in [1.82, 2.24) is 4.90 Å². The van der Waals surface area contributed by atoms with E-state index < -0.39 is 0 Å². The molecule has 1 saturated carbocycles. The molecule has 25 heavy (non-hydrogen) atoms. The second-order valence-corrected chi connectivity index (χ2v) is 7.87. The zero-order chi connectivity index (χ0) is 17.2. The lowest BCUT2D eigenvalue weighted by Crippen LogP contribution is -2.51. The summed E-state index contributed by atoms with van der Waals surface area (Å²) in [4.78, 5) is 17.6. The molecule has 4 rings (SSSR count). The maximum Gasteiger partial charge on any atom is 0.241 e. The van der Waals surface area contributed by atoms with Crippen LogP contribution in [0.15, 0.2) is 18.2 Å². The smallest absolute Gasteiger partial charge is 0.241 e. The number of amides is 1. The number of methoxy groups -OCH3 is 1. The van der Waals surface area contributed by atoms with Gasteiger partial charge in [-0.2, -0.15) is 0 Å². The van der Waals surface area contributed by atoms with Crippen LogP contribution in [-0.4, -0.2) is 43.6 Å². The van der Waals surface area contributed by atoms with Crippen LogP contribution in [0.4, 0.5) is 5.69 Å². The normalized spacial score (nSPS) is 26.7. The Morgan fingerprint density at radius 3 is 2.84 bits per heavy atom. The number of fused-ring (bicyclic) bond motifs is 2. The van der Waals surface area contributed by atoms with Crippen LogP contribution >= 0.6 is 0 Å². The van der Waals surface area contributed by atoms with Gasteiger partial charge in [-0.05, 0) is 74.8 Å². The van der Waals surface area contributed by atoms with Crippen molar-refractivity contribution in [3.63, 3.8) is 0 Å². The molecule has 3 aliphatic rings. The van der Waals surface area contributed by atoms with E-state index in [2.05, 4.69) is 17.0 Å². The largest absolute Gasteiger partial charge is 0.497 e. The van der Waals surface area contributed by atoms with E-state index >= 15 is 0 Å². The summed E-state index contributed by atoms with van der Waals surface area (Å²) in [5.74, 6) is 1.99. The third-order valence-electron chi connectivity index (χ3n) is 6.40. The van der Waals surface area contributed by atoms with E-state index in [1.807, 2.05) is 11.0 Å². The number of rotatable bonds is 3. The average Bonchev–Trinajstić information content (AvgIpc) is 2.67. The van der Waals surface area contributed by atoms with Crippen LogP contribution in [-0.2, 0) is 11.2 Å². The van der Waals surface area contributed by atoms with Gasteiger partial charge >= 0.3 is 0 Å². The summed E-state index contributed by atoms with van der Waals surface area (Å²) in [5.41, 5.74) is 2.34. The van der Waals surface area contributed by atoms with Crippen LogP contribution in [0, 0.1) is 5.92 Å². The third kappa shape index (κ3) is 3.41. The van der Waals surface area contributed by atoms with E-state index in [9.17, 15) is 4.79 Å². The van der Waals surface area contributed by atoms with Crippen LogP contribution in [0.5, 0.6) is 5.75 Å². The van der Waals surface area contributed by atoms with E-state index in [4.69, 9.17) is 4.74 Å². The Morgan fingerprint density at radius 1 is 1.12 bits per heavy atom. The van der Waals surface area contributed by atoms with Crippen molar-refractivity contribution < 1.29 is 9.53 Å². The first-order chi connectivity index (χ1) is 12.3. The minimum Gasteiger partial charge on any atom is -0.497 e. The van der Waals surface area contributed by atoms with Gasteiger partial charge < -0.3 is 9.64 Å². The van der Waals surface area contributed by atoms with Crippen molar-refractivity contribution >= 4 is 11.6 Å². The Bertz CT molecular complexity index is 628. The highest BCUT2D eigenvalue weighted by Crippen LogP contribution is 2.36. The summed E-state index contributed by atoms with van der Waals surface area (Å²) in [6, 6.07) is 6.77. The molecule has 1 saturated heterocycles. The molecule has 1 aliphatic carbocycles. The molecule has 0 N–H and O–H groups in total. The summed E-state index contributed by atoms with van der Waals surface area (Å²) in [6.07, 6.45) is 10.0. The van der Waals surface area contributed by atoms with Gasteiger partial charge in [-0.25, -0.2) is 0 Å². The Balaban J connectivity index is 1.48. The van der Waals surface area contributed by atoms with Crippen LogP contribution in [0.25, 0.3) is 0 Å². The van der Waals surface area contributed by atoms with E-state index in [-0.39, 0.29) is 5.91 Å². The molecule has 0 spiro atoms. The number of carbonyl (C=O) groups excluding carboxylic acids is 1. The molecular formula is C21H30N2O2. The lowest BCUT2D eigenvalue weighted by molar-refractivity contribution is -0.121. The number of piperidine rings is 1. The molecule has 1 aromatic carbocycles. The highest BCUT2D eigenvalue weighted by molar-refractivity contribution is 5.96. The molecule has 0 bridgehead atoms. The molecule has 2 unspecified atom stereocenters. The molecule has 2 fully saturated rings. The zero-order valence-corrected chi connectivity index (χ0v) is 15.4. The van der Waals surface area contributed by atoms with Crippen molar-refractivity contribution in [2.75, 3.05) is 31.6 Å². The Morgan fingerprint density at radius 2 is 1.96 bits per heavy atom. The van der Waals surface area contributed by atoms with Gasteiger partial charge in [0.25, 0.3) is 0 Å². The molecule has 2 aliphatic heterocycles. The summed E-state index contributed by atoms with van der Waals surface area (Å²) in [6.45, 7) is 2.53. The first-order valence-electron chi connectivity index (χ1n) is 9.97. The number of hydrogen-bond acceptors (Lipinski definition) is 3. The molecule has 2 heterocycles. The number of carbonyl (C=O) groups is 1. The molecule has 136 valence electrons. The third-order valence-corrected chi connectivity index (χ3v) is 6.40. The second-order valence-electron chi connectivity index (χ2n) is 7.87. The van der Waals surface area contributed by atoms with Crippen molar-refractivity contribution in [2.24, 2.45) is 5.92 Å². The molecule has 2 atom stereocenters. The summed E-state index contributed by atoms with van der Waals surface area (Å²) in [5, 5.41) is 0. The quantitative estimate of drug-likeness (QED) is 0.841. The van der Waals surface area contributed by atoms with E-state index in [1.165, 1.54) is 44.1 Å². The summed E-state index contributed by atoms with van der Waals surface area (Å²) < 4.78 is 5.34. The molecule has 0 aromatic heterocycles. The van der Waals surface area contributed by atoms with Crippen molar-refractivity contribution in [3.8, 4) is 5.75 Å².